The molecule has 0 aliphatic heterocycles. The van der Waals surface area contributed by atoms with Crippen molar-refractivity contribution in [2.75, 3.05) is 13.7 Å². The fourth-order valence-corrected chi connectivity index (χ4v) is 4.19. The zero-order chi connectivity index (χ0) is 15.5. The highest BCUT2D eigenvalue weighted by atomic mass is 35.5. The van der Waals surface area contributed by atoms with Crippen molar-refractivity contribution in [1.82, 2.24) is 9.55 Å². The summed E-state index contributed by atoms with van der Waals surface area (Å²) in [6, 6.07) is 5.72. The van der Waals surface area contributed by atoms with E-state index in [4.69, 9.17) is 16.3 Å². The second kappa shape index (κ2) is 7.02. The number of benzene rings is 1. The number of ketones is 1. The molecule has 1 aliphatic rings. The van der Waals surface area contributed by atoms with E-state index in [1.165, 1.54) is 0 Å². The highest BCUT2D eigenvalue weighted by Gasteiger charge is 2.25. The van der Waals surface area contributed by atoms with Crippen LogP contribution in [0.15, 0.2) is 23.4 Å². The molecule has 1 aromatic heterocycles. The maximum Gasteiger partial charge on any atom is 0.169 e. The van der Waals surface area contributed by atoms with E-state index < -0.39 is 0 Å². The minimum Gasteiger partial charge on any atom is -0.383 e. The first kappa shape index (κ1) is 15.8. The van der Waals surface area contributed by atoms with E-state index in [0.29, 0.717) is 23.8 Å². The Hall–Kier alpha value is -1.04. The van der Waals surface area contributed by atoms with Crippen molar-refractivity contribution in [3.63, 3.8) is 0 Å². The maximum atomic E-state index is 12.1. The second-order valence-corrected chi connectivity index (χ2v) is 7.10. The van der Waals surface area contributed by atoms with Gasteiger partial charge in [-0.1, -0.05) is 29.8 Å². The van der Waals surface area contributed by atoms with Crippen molar-refractivity contribution < 1.29 is 9.53 Å². The number of imidazole rings is 1. The summed E-state index contributed by atoms with van der Waals surface area (Å²) in [6.07, 6.45) is 3.78. The van der Waals surface area contributed by atoms with Crippen molar-refractivity contribution in [3.05, 3.63) is 23.2 Å². The Labute approximate surface area is 139 Å². The van der Waals surface area contributed by atoms with Gasteiger partial charge in [0.05, 0.1) is 22.9 Å². The molecule has 1 unspecified atom stereocenters. The predicted molar refractivity (Wildman–Crippen MR) is 89.7 cm³/mol. The molecule has 0 saturated heterocycles. The zero-order valence-corrected chi connectivity index (χ0v) is 14.1. The van der Waals surface area contributed by atoms with E-state index in [1.807, 2.05) is 18.2 Å². The molecule has 6 heteroatoms. The van der Waals surface area contributed by atoms with Crippen LogP contribution in [0, 0.1) is 0 Å². The summed E-state index contributed by atoms with van der Waals surface area (Å²) in [6.45, 7) is 1.33. The molecule has 1 aromatic carbocycles. The van der Waals surface area contributed by atoms with Gasteiger partial charge in [0.25, 0.3) is 0 Å². The smallest absolute Gasteiger partial charge is 0.169 e. The molecule has 0 N–H and O–H groups in total. The van der Waals surface area contributed by atoms with E-state index >= 15 is 0 Å². The second-order valence-electron chi connectivity index (χ2n) is 5.49. The molecule has 4 nitrogen and oxygen atoms in total. The molecule has 1 saturated carbocycles. The Bertz CT molecular complexity index is 686. The number of fused-ring (bicyclic) bond motifs is 1. The molecule has 0 amide bonds. The van der Waals surface area contributed by atoms with Crippen LogP contribution < -0.4 is 0 Å². The van der Waals surface area contributed by atoms with Crippen LogP contribution in [0.4, 0.5) is 0 Å². The Balaban J connectivity index is 1.93. The molecule has 2 aromatic rings. The number of thioether (sulfide) groups is 1. The fraction of sp³-hybridized carbons (Fsp3) is 0.500. The summed E-state index contributed by atoms with van der Waals surface area (Å²) in [5, 5.41) is 1.59. The summed E-state index contributed by atoms with van der Waals surface area (Å²) in [5.41, 5.74) is 1.90. The first-order chi connectivity index (χ1) is 10.7. The number of hydrogen-bond donors (Lipinski definition) is 0. The van der Waals surface area contributed by atoms with Crippen molar-refractivity contribution in [3.8, 4) is 0 Å². The van der Waals surface area contributed by atoms with Gasteiger partial charge in [0.2, 0.25) is 0 Å². The zero-order valence-electron chi connectivity index (χ0n) is 12.5. The molecule has 0 bridgehead atoms. The van der Waals surface area contributed by atoms with Gasteiger partial charge < -0.3 is 9.30 Å². The number of halogens is 1. The van der Waals surface area contributed by atoms with Crippen molar-refractivity contribution in [2.45, 2.75) is 42.6 Å². The van der Waals surface area contributed by atoms with Crippen molar-refractivity contribution in [2.24, 2.45) is 0 Å². The highest BCUT2D eigenvalue weighted by molar-refractivity contribution is 8.00. The van der Waals surface area contributed by atoms with E-state index in [-0.39, 0.29) is 5.25 Å². The summed E-state index contributed by atoms with van der Waals surface area (Å²) in [7, 11) is 1.69. The summed E-state index contributed by atoms with van der Waals surface area (Å²) < 4.78 is 7.33. The van der Waals surface area contributed by atoms with Gasteiger partial charge in [0.1, 0.15) is 5.78 Å². The fourth-order valence-electron chi connectivity index (χ4n) is 2.77. The van der Waals surface area contributed by atoms with Crippen LogP contribution in [-0.2, 0) is 16.1 Å². The molecule has 1 fully saturated rings. The molecule has 1 heterocycles. The van der Waals surface area contributed by atoms with Crippen LogP contribution in [0.3, 0.4) is 0 Å². The van der Waals surface area contributed by atoms with Gasteiger partial charge in [-0.05, 0) is 31.0 Å². The minimum atomic E-state index is 0.0299. The standard InChI is InChI=1S/C16H19ClN2O2S/c1-21-9-8-19-13-7-6-11(17)10-12(13)18-16(19)22-15-5-3-2-4-14(15)20/h6-7,10,15H,2-5,8-9H2,1H3. The Morgan fingerprint density at radius 2 is 2.32 bits per heavy atom. The summed E-state index contributed by atoms with van der Waals surface area (Å²) in [4.78, 5) is 16.8. The highest BCUT2D eigenvalue weighted by Crippen LogP contribution is 2.33. The molecule has 1 aliphatic carbocycles. The monoisotopic (exact) mass is 338 g/mol. The quantitative estimate of drug-likeness (QED) is 0.828. The number of methoxy groups -OCH3 is 1. The topological polar surface area (TPSA) is 44.1 Å². The van der Waals surface area contributed by atoms with Crippen molar-refractivity contribution in [1.29, 1.82) is 0 Å². The molecule has 22 heavy (non-hydrogen) atoms. The van der Waals surface area contributed by atoms with Crippen LogP contribution in [0.2, 0.25) is 5.02 Å². The van der Waals surface area contributed by atoms with Crippen LogP contribution in [0.1, 0.15) is 25.7 Å². The molecular formula is C16H19ClN2O2S. The van der Waals surface area contributed by atoms with E-state index in [9.17, 15) is 4.79 Å². The van der Waals surface area contributed by atoms with Crippen LogP contribution in [0.25, 0.3) is 11.0 Å². The lowest BCUT2D eigenvalue weighted by molar-refractivity contribution is -0.119. The number of nitrogens with zero attached hydrogens (tertiary/aromatic N) is 2. The number of carbonyl (C=O) groups excluding carboxylic acids is 1. The molecular weight excluding hydrogens is 320 g/mol. The van der Waals surface area contributed by atoms with Gasteiger partial charge in [-0.25, -0.2) is 4.98 Å². The Morgan fingerprint density at radius 1 is 1.45 bits per heavy atom. The first-order valence-electron chi connectivity index (χ1n) is 7.53. The average molecular weight is 339 g/mol. The number of rotatable bonds is 5. The van der Waals surface area contributed by atoms with E-state index in [1.54, 1.807) is 18.9 Å². The Morgan fingerprint density at radius 3 is 3.09 bits per heavy atom. The lowest BCUT2D eigenvalue weighted by atomic mass is 9.99. The number of hydrogen-bond acceptors (Lipinski definition) is 4. The maximum absolute atomic E-state index is 12.1. The number of carbonyl (C=O) groups is 1. The van der Waals surface area contributed by atoms with Gasteiger partial charge in [0.15, 0.2) is 5.16 Å². The molecule has 0 spiro atoms. The normalized spacial score (nSPS) is 19.0. The molecule has 3 rings (SSSR count). The molecule has 0 radical (unpaired) electrons. The van der Waals surface area contributed by atoms with Gasteiger partial charge in [-0.15, -0.1) is 0 Å². The minimum absolute atomic E-state index is 0.0299. The summed E-state index contributed by atoms with van der Waals surface area (Å²) in [5.74, 6) is 0.347. The largest absolute Gasteiger partial charge is 0.383 e. The van der Waals surface area contributed by atoms with Gasteiger partial charge in [-0.3, -0.25) is 4.79 Å². The number of ether oxygens (including phenoxy) is 1. The lowest BCUT2D eigenvalue weighted by Crippen LogP contribution is -2.22. The van der Waals surface area contributed by atoms with Gasteiger partial charge in [-0.2, -0.15) is 0 Å². The molecule has 118 valence electrons. The van der Waals surface area contributed by atoms with Crippen LogP contribution >= 0.6 is 23.4 Å². The third-order valence-corrected chi connectivity index (χ3v) is 5.48. The van der Waals surface area contributed by atoms with Gasteiger partial charge in [0, 0.05) is 25.1 Å². The van der Waals surface area contributed by atoms with Crippen LogP contribution in [0.5, 0.6) is 0 Å². The molecule has 1 atom stereocenters. The van der Waals surface area contributed by atoms with E-state index in [0.717, 1.165) is 42.0 Å². The third kappa shape index (κ3) is 3.31. The average Bonchev–Trinajstić information content (AvgIpc) is 2.84. The number of aromatic nitrogens is 2. The predicted octanol–water partition coefficient (Wildman–Crippen LogP) is 3.94. The van der Waals surface area contributed by atoms with Gasteiger partial charge >= 0.3 is 0 Å². The Kier molecular flexibility index (Phi) is 5.06. The van der Waals surface area contributed by atoms with Crippen LogP contribution in [-0.4, -0.2) is 34.3 Å². The van der Waals surface area contributed by atoms with E-state index in [2.05, 4.69) is 9.55 Å². The number of Topliss-reactive ketones (excluding diaryl/α,β-unsaturated/α-hetero) is 1. The van der Waals surface area contributed by atoms with Crippen molar-refractivity contribution >= 4 is 40.2 Å². The first-order valence-corrected chi connectivity index (χ1v) is 8.79. The SMILES string of the molecule is COCCn1c(SC2CCCCC2=O)nc2cc(Cl)ccc21. The summed E-state index contributed by atoms with van der Waals surface area (Å²) >= 11 is 7.65. The third-order valence-electron chi connectivity index (χ3n) is 3.94. The lowest BCUT2D eigenvalue weighted by Gasteiger charge is -2.19.